The molecule has 2 aromatic carbocycles. The van der Waals surface area contributed by atoms with E-state index in [1.54, 1.807) is 38.3 Å². The number of carbonyl (C=O) groups excluding carboxylic acids is 1. The van der Waals surface area contributed by atoms with Gasteiger partial charge in [0.2, 0.25) is 5.91 Å². The number of hydrogen-bond donors (Lipinski definition) is 1. The summed E-state index contributed by atoms with van der Waals surface area (Å²) in [6, 6.07) is 12.7. The van der Waals surface area contributed by atoms with Gasteiger partial charge in [0.25, 0.3) is 11.1 Å². The molecule has 0 fully saturated rings. The van der Waals surface area contributed by atoms with Crippen molar-refractivity contribution in [2.75, 3.05) is 18.2 Å². The molecule has 1 N–H and O–H groups in total. The Labute approximate surface area is 165 Å². The van der Waals surface area contributed by atoms with Crippen LogP contribution in [-0.4, -0.2) is 29.0 Å². The highest BCUT2D eigenvalue weighted by Gasteiger charge is 2.17. The fraction of sp³-hybridized carbons (Fsp3) is 0.211. The van der Waals surface area contributed by atoms with Gasteiger partial charge in [0.05, 0.1) is 12.9 Å². The zero-order valence-electron chi connectivity index (χ0n) is 15.2. The number of nitrogens with one attached hydrogen (secondary N) is 1. The van der Waals surface area contributed by atoms with Gasteiger partial charge in [0, 0.05) is 11.8 Å². The molecule has 1 atom stereocenters. The lowest BCUT2D eigenvalue weighted by atomic mass is 10.3. The van der Waals surface area contributed by atoms with Crippen LogP contribution >= 0.6 is 11.8 Å². The van der Waals surface area contributed by atoms with Crippen LogP contribution in [0.5, 0.6) is 11.5 Å². The van der Waals surface area contributed by atoms with Crippen LogP contribution in [0, 0.1) is 5.82 Å². The van der Waals surface area contributed by atoms with E-state index in [0.29, 0.717) is 17.2 Å². The Balaban J connectivity index is 1.51. The van der Waals surface area contributed by atoms with Crippen molar-refractivity contribution in [1.29, 1.82) is 0 Å². The molecule has 1 heterocycles. The first kappa shape index (κ1) is 19.7. The average molecular weight is 403 g/mol. The molecule has 146 valence electrons. The summed E-state index contributed by atoms with van der Waals surface area (Å²) in [5, 5.41) is 10.9. The molecule has 0 aliphatic heterocycles. The van der Waals surface area contributed by atoms with Crippen molar-refractivity contribution < 1.29 is 23.1 Å². The minimum absolute atomic E-state index is 0.103. The first-order valence-corrected chi connectivity index (χ1v) is 9.34. The van der Waals surface area contributed by atoms with Gasteiger partial charge in [-0.2, -0.15) is 0 Å². The Bertz CT molecular complexity index is 933. The first-order valence-electron chi connectivity index (χ1n) is 8.36. The van der Waals surface area contributed by atoms with E-state index in [1.165, 1.54) is 24.3 Å². The maximum Gasteiger partial charge on any atom is 0.277 e. The van der Waals surface area contributed by atoms with Crippen LogP contribution in [0.1, 0.15) is 18.9 Å². The molecule has 0 unspecified atom stereocenters. The van der Waals surface area contributed by atoms with Gasteiger partial charge in [0.15, 0.2) is 6.10 Å². The van der Waals surface area contributed by atoms with E-state index >= 15 is 0 Å². The predicted molar refractivity (Wildman–Crippen MR) is 102 cm³/mol. The van der Waals surface area contributed by atoms with Crippen LogP contribution in [0.25, 0.3) is 0 Å². The lowest BCUT2D eigenvalue weighted by Gasteiger charge is -2.10. The number of halogens is 1. The van der Waals surface area contributed by atoms with Crippen molar-refractivity contribution >= 4 is 23.4 Å². The maximum absolute atomic E-state index is 12.9. The standard InChI is InChI=1S/C19H18FN3O4S/c1-12(26-15-8-6-13(20)7-9-15)18-22-23-19(27-18)28-11-17(24)21-14-4-3-5-16(10-14)25-2/h3-10,12H,11H2,1-2H3,(H,21,24)/t12-/m1/s1. The second-order valence-corrected chi connectivity index (χ2v) is 6.62. The molecule has 9 heteroatoms. The molecule has 0 saturated heterocycles. The summed E-state index contributed by atoms with van der Waals surface area (Å²) < 4.78 is 29.2. The van der Waals surface area contributed by atoms with Crippen LogP contribution in [0.3, 0.4) is 0 Å². The Morgan fingerprint density at radius 1 is 1.21 bits per heavy atom. The van der Waals surface area contributed by atoms with E-state index < -0.39 is 6.10 Å². The molecule has 1 amide bonds. The number of methoxy groups -OCH3 is 1. The Hall–Kier alpha value is -3.07. The summed E-state index contributed by atoms with van der Waals surface area (Å²) in [5.41, 5.74) is 0.637. The van der Waals surface area contributed by atoms with E-state index in [1.807, 2.05) is 0 Å². The minimum Gasteiger partial charge on any atom is -0.497 e. The summed E-state index contributed by atoms with van der Waals surface area (Å²) in [6.45, 7) is 1.74. The van der Waals surface area contributed by atoms with Crippen LogP contribution in [0.15, 0.2) is 58.2 Å². The van der Waals surface area contributed by atoms with Crippen molar-refractivity contribution in [1.82, 2.24) is 10.2 Å². The lowest BCUT2D eigenvalue weighted by molar-refractivity contribution is -0.113. The molecule has 0 aliphatic rings. The number of anilines is 1. The molecule has 28 heavy (non-hydrogen) atoms. The Kier molecular flexibility index (Phi) is 6.49. The monoisotopic (exact) mass is 403 g/mol. The van der Waals surface area contributed by atoms with Gasteiger partial charge in [-0.25, -0.2) is 4.39 Å². The molecule has 3 rings (SSSR count). The second kappa shape index (κ2) is 9.23. The summed E-state index contributed by atoms with van der Waals surface area (Å²) in [6.07, 6.45) is -0.516. The van der Waals surface area contributed by atoms with Gasteiger partial charge in [-0.3, -0.25) is 4.79 Å². The quantitative estimate of drug-likeness (QED) is 0.567. The van der Waals surface area contributed by atoms with Crippen LogP contribution in [0.4, 0.5) is 10.1 Å². The molecule has 7 nitrogen and oxygen atoms in total. The number of hydrogen-bond acceptors (Lipinski definition) is 7. The minimum atomic E-state index is -0.516. The zero-order chi connectivity index (χ0) is 19.9. The largest absolute Gasteiger partial charge is 0.497 e. The second-order valence-electron chi connectivity index (χ2n) is 5.69. The van der Waals surface area contributed by atoms with Crippen molar-refractivity contribution in [2.45, 2.75) is 18.3 Å². The zero-order valence-corrected chi connectivity index (χ0v) is 16.0. The van der Waals surface area contributed by atoms with Crippen molar-refractivity contribution in [3.63, 3.8) is 0 Å². The van der Waals surface area contributed by atoms with Crippen LogP contribution in [-0.2, 0) is 4.79 Å². The number of benzene rings is 2. The Morgan fingerprint density at radius 3 is 2.75 bits per heavy atom. The fourth-order valence-electron chi connectivity index (χ4n) is 2.24. The number of rotatable bonds is 8. The highest BCUT2D eigenvalue weighted by Crippen LogP contribution is 2.24. The smallest absolute Gasteiger partial charge is 0.277 e. The third kappa shape index (κ3) is 5.46. The predicted octanol–water partition coefficient (Wildman–Crippen LogP) is 4.09. The number of thioether (sulfide) groups is 1. The third-order valence-electron chi connectivity index (χ3n) is 3.58. The molecular weight excluding hydrogens is 385 g/mol. The maximum atomic E-state index is 12.9. The SMILES string of the molecule is COc1cccc(NC(=O)CSc2nnc([C@@H](C)Oc3ccc(F)cc3)o2)c1. The topological polar surface area (TPSA) is 86.5 Å². The van der Waals surface area contributed by atoms with Crippen LogP contribution in [0.2, 0.25) is 0 Å². The highest BCUT2D eigenvalue weighted by atomic mass is 32.2. The number of amides is 1. The number of carbonyl (C=O) groups is 1. The van der Waals surface area contributed by atoms with E-state index in [9.17, 15) is 9.18 Å². The lowest BCUT2D eigenvalue weighted by Crippen LogP contribution is -2.13. The Morgan fingerprint density at radius 2 is 2.00 bits per heavy atom. The number of ether oxygens (including phenoxy) is 2. The molecular formula is C19H18FN3O4S. The average Bonchev–Trinajstić information content (AvgIpc) is 3.17. The summed E-state index contributed by atoms with van der Waals surface area (Å²) in [7, 11) is 1.56. The van der Waals surface area contributed by atoms with E-state index in [0.717, 1.165) is 11.8 Å². The number of nitrogens with zero attached hydrogens (tertiary/aromatic N) is 2. The molecule has 0 saturated carbocycles. The molecule has 0 aliphatic carbocycles. The summed E-state index contributed by atoms with van der Waals surface area (Å²) in [5.74, 6) is 0.949. The fourth-order valence-corrected chi connectivity index (χ4v) is 2.81. The van der Waals surface area contributed by atoms with Gasteiger partial charge in [-0.1, -0.05) is 17.8 Å². The number of aromatic nitrogens is 2. The molecule has 0 bridgehead atoms. The summed E-state index contributed by atoms with van der Waals surface area (Å²) >= 11 is 1.12. The van der Waals surface area contributed by atoms with Crippen molar-refractivity contribution in [2.24, 2.45) is 0 Å². The van der Waals surface area contributed by atoms with Gasteiger partial charge < -0.3 is 19.2 Å². The summed E-state index contributed by atoms with van der Waals surface area (Å²) in [4.78, 5) is 12.1. The first-order chi connectivity index (χ1) is 13.5. The molecule has 1 aromatic heterocycles. The van der Waals surface area contributed by atoms with E-state index in [4.69, 9.17) is 13.9 Å². The molecule has 0 radical (unpaired) electrons. The highest BCUT2D eigenvalue weighted by molar-refractivity contribution is 7.99. The normalized spacial score (nSPS) is 11.7. The van der Waals surface area contributed by atoms with Crippen molar-refractivity contribution in [3.05, 3.63) is 60.2 Å². The van der Waals surface area contributed by atoms with Crippen molar-refractivity contribution in [3.8, 4) is 11.5 Å². The van der Waals surface area contributed by atoms with E-state index in [-0.39, 0.29) is 28.6 Å². The van der Waals surface area contributed by atoms with Gasteiger partial charge in [-0.05, 0) is 43.3 Å². The van der Waals surface area contributed by atoms with Gasteiger partial charge in [0.1, 0.15) is 17.3 Å². The van der Waals surface area contributed by atoms with Gasteiger partial charge in [-0.15, -0.1) is 10.2 Å². The molecule has 0 spiro atoms. The van der Waals surface area contributed by atoms with E-state index in [2.05, 4.69) is 15.5 Å². The van der Waals surface area contributed by atoms with Gasteiger partial charge >= 0.3 is 0 Å². The van der Waals surface area contributed by atoms with Crippen LogP contribution < -0.4 is 14.8 Å². The molecule has 3 aromatic rings. The third-order valence-corrected chi connectivity index (χ3v) is 4.40.